The number of rotatable bonds is 5. The van der Waals surface area contributed by atoms with Gasteiger partial charge in [0.15, 0.2) is 0 Å². The van der Waals surface area contributed by atoms with Gasteiger partial charge in [0.25, 0.3) is 7.48 Å². The standard InChI is InChI=1S/C12H20BO3.CH4O/c14-12(15)11-7-8-3-1-4-9(8)10(11)5-2-6-13-16;1-2/h8-11,16H,1-7H2,(H,14,15);2H,1H3. The van der Waals surface area contributed by atoms with Gasteiger partial charge in [-0.25, -0.2) is 0 Å². The Morgan fingerprint density at radius 1 is 1.33 bits per heavy atom. The summed E-state index contributed by atoms with van der Waals surface area (Å²) >= 11 is 0. The van der Waals surface area contributed by atoms with E-state index in [9.17, 15) is 9.90 Å². The first kappa shape index (κ1) is 15.5. The smallest absolute Gasteiger partial charge is 0.306 e. The molecule has 0 bridgehead atoms. The van der Waals surface area contributed by atoms with Crippen LogP contribution in [0.1, 0.15) is 38.5 Å². The number of fused-ring (bicyclic) bond motifs is 1. The second-order valence-electron chi connectivity index (χ2n) is 5.31. The van der Waals surface area contributed by atoms with Gasteiger partial charge in [0.1, 0.15) is 0 Å². The Hall–Kier alpha value is -0.545. The van der Waals surface area contributed by atoms with Crippen molar-refractivity contribution in [2.75, 3.05) is 7.11 Å². The molecule has 1 radical (unpaired) electrons. The van der Waals surface area contributed by atoms with Crippen LogP contribution >= 0.6 is 0 Å². The summed E-state index contributed by atoms with van der Waals surface area (Å²) in [4.78, 5) is 11.2. The van der Waals surface area contributed by atoms with E-state index in [4.69, 9.17) is 10.1 Å². The molecule has 0 aromatic heterocycles. The van der Waals surface area contributed by atoms with Crippen molar-refractivity contribution < 1.29 is 20.0 Å². The Balaban J connectivity index is 0.000000771. The molecule has 3 N–H and O–H groups in total. The highest BCUT2D eigenvalue weighted by Crippen LogP contribution is 2.52. The molecule has 2 aliphatic rings. The van der Waals surface area contributed by atoms with Crippen LogP contribution in [-0.2, 0) is 4.79 Å². The fourth-order valence-corrected chi connectivity index (χ4v) is 3.87. The Morgan fingerprint density at radius 2 is 2.06 bits per heavy atom. The summed E-state index contributed by atoms with van der Waals surface area (Å²) in [5, 5.41) is 24.9. The SMILES string of the molecule is CO.O=C(O)C1CC2CCCC2C1CCC[B]O. The van der Waals surface area contributed by atoms with Crippen LogP contribution in [0.3, 0.4) is 0 Å². The minimum atomic E-state index is -0.604. The number of carboxylic acid groups (broad SMARTS) is 1. The van der Waals surface area contributed by atoms with Gasteiger partial charge in [-0.05, 0) is 37.0 Å². The van der Waals surface area contributed by atoms with E-state index >= 15 is 0 Å². The van der Waals surface area contributed by atoms with Crippen molar-refractivity contribution in [3.05, 3.63) is 0 Å². The molecule has 0 aliphatic heterocycles. The minimum absolute atomic E-state index is 0.117. The molecule has 2 saturated carbocycles. The fraction of sp³-hybridized carbons (Fsp3) is 0.923. The van der Waals surface area contributed by atoms with Crippen LogP contribution in [0.25, 0.3) is 0 Å². The third kappa shape index (κ3) is 3.48. The molecule has 4 unspecified atom stereocenters. The number of hydrogen-bond donors (Lipinski definition) is 3. The van der Waals surface area contributed by atoms with Crippen molar-refractivity contribution in [3.8, 4) is 0 Å². The zero-order chi connectivity index (χ0) is 13.5. The molecular weight excluding hydrogens is 231 g/mol. The molecule has 0 spiro atoms. The van der Waals surface area contributed by atoms with Crippen LogP contribution in [0.5, 0.6) is 0 Å². The lowest BCUT2D eigenvalue weighted by Gasteiger charge is -2.21. The summed E-state index contributed by atoms with van der Waals surface area (Å²) in [5.74, 6) is 0.968. The van der Waals surface area contributed by atoms with E-state index in [0.29, 0.717) is 24.1 Å². The van der Waals surface area contributed by atoms with Gasteiger partial charge in [-0.15, -0.1) is 0 Å². The van der Waals surface area contributed by atoms with Crippen LogP contribution in [-0.4, -0.2) is 35.8 Å². The van der Waals surface area contributed by atoms with Crippen molar-refractivity contribution >= 4 is 13.5 Å². The van der Waals surface area contributed by atoms with Gasteiger partial charge in [-0.1, -0.05) is 25.6 Å². The lowest BCUT2D eigenvalue weighted by molar-refractivity contribution is -0.143. The minimum Gasteiger partial charge on any atom is -0.481 e. The van der Waals surface area contributed by atoms with Crippen LogP contribution in [0.15, 0.2) is 0 Å². The van der Waals surface area contributed by atoms with Gasteiger partial charge in [-0.2, -0.15) is 0 Å². The van der Waals surface area contributed by atoms with E-state index in [-0.39, 0.29) is 5.92 Å². The monoisotopic (exact) mass is 255 g/mol. The molecule has 4 nitrogen and oxygen atoms in total. The molecule has 18 heavy (non-hydrogen) atoms. The zero-order valence-corrected chi connectivity index (χ0v) is 11.1. The molecule has 0 aromatic rings. The fourth-order valence-electron chi connectivity index (χ4n) is 3.87. The largest absolute Gasteiger partial charge is 0.481 e. The third-order valence-electron chi connectivity index (χ3n) is 4.53. The third-order valence-corrected chi connectivity index (χ3v) is 4.53. The molecule has 103 valence electrons. The summed E-state index contributed by atoms with van der Waals surface area (Å²) in [6.45, 7) is 0. The van der Waals surface area contributed by atoms with Crippen molar-refractivity contribution in [3.63, 3.8) is 0 Å². The van der Waals surface area contributed by atoms with Crippen LogP contribution in [0, 0.1) is 23.7 Å². The zero-order valence-electron chi connectivity index (χ0n) is 11.1. The molecule has 0 amide bonds. The molecule has 0 saturated heterocycles. The maximum absolute atomic E-state index is 11.2. The van der Waals surface area contributed by atoms with Crippen LogP contribution in [0.2, 0.25) is 6.32 Å². The highest BCUT2D eigenvalue weighted by molar-refractivity contribution is 6.25. The average molecular weight is 255 g/mol. The molecule has 2 rings (SSSR count). The van der Waals surface area contributed by atoms with E-state index in [1.54, 1.807) is 0 Å². The summed E-state index contributed by atoms with van der Waals surface area (Å²) in [5.41, 5.74) is 0. The Morgan fingerprint density at radius 3 is 2.67 bits per heavy atom. The molecule has 2 fully saturated rings. The van der Waals surface area contributed by atoms with E-state index in [1.807, 2.05) is 0 Å². The topological polar surface area (TPSA) is 77.8 Å². The Labute approximate surface area is 110 Å². The van der Waals surface area contributed by atoms with E-state index in [0.717, 1.165) is 26.4 Å². The number of aliphatic hydroxyl groups excluding tert-OH is 1. The molecular formula is C13H24BO4. The first-order valence-corrected chi connectivity index (χ1v) is 6.87. The van der Waals surface area contributed by atoms with Crippen molar-refractivity contribution in [2.24, 2.45) is 23.7 Å². The summed E-state index contributed by atoms with van der Waals surface area (Å²) in [6, 6.07) is 0. The van der Waals surface area contributed by atoms with Crippen molar-refractivity contribution in [2.45, 2.75) is 44.8 Å². The van der Waals surface area contributed by atoms with Gasteiger partial charge in [0.2, 0.25) is 0 Å². The molecule has 5 heteroatoms. The highest BCUT2D eigenvalue weighted by atomic mass is 16.4. The predicted octanol–water partition coefficient (Wildman–Crippen LogP) is 1.54. The maximum atomic E-state index is 11.2. The lowest BCUT2D eigenvalue weighted by atomic mass is 9.81. The Kier molecular flexibility index (Phi) is 6.72. The van der Waals surface area contributed by atoms with Gasteiger partial charge < -0.3 is 15.2 Å². The van der Waals surface area contributed by atoms with Crippen molar-refractivity contribution in [1.29, 1.82) is 0 Å². The predicted molar refractivity (Wildman–Crippen MR) is 70.2 cm³/mol. The van der Waals surface area contributed by atoms with Crippen molar-refractivity contribution in [1.82, 2.24) is 0 Å². The highest BCUT2D eigenvalue weighted by Gasteiger charge is 2.47. The lowest BCUT2D eigenvalue weighted by Crippen LogP contribution is -2.22. The summed E-state index contributed by atoms with van der Waals surface area (Å²) in [7, 11) is 2.19. The number of aliphatic hydroxyl groups is 1. The number of carbonyl (C=O) groups is 1. The Bertz CT molecular complexity index is 259. The molecule has 0 aromatic carbocycles. The van der Waals surface area contributed by atoms with E-state index in [2.05, 4.69) is 0 Å². The molecule has 0 heterocycles. The summed E-state index contributed by atoms with van der Waals surface area (Å²) in [6.07, 6.45) is 7.22. The van der Waals surface area contributed by atoms with Crippen LogP contribution < -0.4 is 0 Å². The first-order valence-electron chi connectivity index (χ1n) is 6.87. The van der Waals surface area contributed by atoms with Gasteiger partial charge in [0.05, 0.1) is 5.92 Å². The normalized spacial score (nSPS) is 33.5. The summed E-state index contributed by atoms with van der Waals surface area (Å²) < 4.78 is 0. The van der Waals surface area contributed by atoms with E-state index in [1.165, 1.54) is 26.7 Å². The first-order chi connectivity index (χ1) is 8.74. The molecule has 4 atom stereocenters. The number of hydrogen-bond acceptors (Lipinski definition) is 3. The van der Waals surface area contributed by atoms with Crippen LogP contribution in [0.4, 0.5) is 0 Å². The number of carboxylic acids is 1. The van der Waals surface area contributed by atoms with E-state index < -0.39 is 5.97 Å². The quantitative estimate of drug-likeness (QED) is 0.514. The second kappa shape index (κ2) is 7.79. The maximum Gasteiger partial charge on any atom is 0.306 e. The second-order valence-corrected chi connectivity index (χ2v) is 5.31. The average Bonchev–Trinajstić information content (AvgIpc) is 2.94. The molecule has 2 aliphatic carbocycles. The number of aliphatic carboxylic acids is 1. The van der Waals surface area contributed by atoms with Gasteiger partial charge >= 0.3 is 5.97 Å². The van der Waals surface area contributed by atoms with Gasteiger partial charge in [0, 0.05) is 7.11 Å². The van der Waals surface area contributed by atoms with Gasteiger partial charge in [-0.3, -0.25) is 4.79 Å².